The molecular weight excluding hydrogens is 258 g/mol. The van der Waals surface area contributed by atoms with Crippen LogP contribution in [0.2, 0.25) is 0 Å². The molecule has 18 heavy (non-hydrogen) atoms. The molecule has 0 aromatic carbocycles. The van der Waals surface area contributed by atoms with Crippen molar-refractivity contribution in [1.29, 1.82) is 0 Å². The highest BCUT2D eigenvalue weighted by atomic mass is 32.2. The molecule has 0 unspecified atom stereocenters. The van der Waals surface area contributed by atoms with Crippen molar-refractivity contribution in [2.75, 3.05) is 26.0 Å². The van der Waals surface area contributed by atoms with Crippen LogP contribution in [-0.4, -0.2) is 45.5 Å². The third kappa shape index (κ3) is 4.55. The van der Waals surface area contributed by atoms with Gasteiger partial charge in [-0.1, -0.05) is 19.3 Å². The number of hydrogen-bond donors (Lipinski definition) is 2. The molecule has 1 saturated carbocycles. The van der Waals surface area contributed by atoms with Gasteiger partial charge < -0.3 is 9.84 Å². The number of rotatable bonds is 6. The Bertz CT molecular complexity index is 373. The van der Waals surface area contributed by atoms with E-state index in [-0.39, 0.29) is 18.6 Å². The standard InChI is InChI=1S/C11H21NO5S/c1-17-10(14)7-18(15,16)12-8-11(9-13)5-3-2-4-6-11/h12-13H,2-9H2,1H3. The van der Waals surface area contributed by atoms with Crippen molar-refractivity contribution in [3.63, 3.8) is 0 Å². The molecule has 0 saturated heterocycles. The molecule has 1 fully saturated rings. The SMILES string of the molecule is COC(=O)CS(=O)(=O)NCC1(CO)CCCCC1. The van der Waals surface area contributed by atoms with Crippen LogP contribution >= 0.6 is 0 Å². The Kier molecular flexibility index (Phi) is 5.55. The van der Waals surface area contributed by atoms with Gasteiger partial charge >= 0.3 is 5.97 Å². The molecule has 0 atom stereocenters. The molecule has 0 aromatic rings. The largest absolute Gasteiger partial charge is 0.468 e. The maximum atomic E-state index is 11.6. The first kappa shape index (κ1) is 15.4. The molecule has 2 N–H and O–H groups in total. The number of nitrogens with one attached hydrogen (secondary N) is 1. The van der Waals surface area contributed by atoms with Gasteiger partial charge in [-0.2, -0.15) is 0 Å². The summed E-state index contributed by atoms with van der Waals surface area (Å²) >= 11 is 0. The van der Waals surface area contributed by atoms with Crippen molar-refractivity contribution < 1.29 is 23.1 Å². The second kappa shape index (κ2) is 6.49. The third-order valence-corrected chi connectivity index (χ3v) is 4.65. The molecule has 0 heterocycles. The number of aliphatic hydroxyl groups is 1. The first-order valence-corrected chi connectivity index (χ1v) is 7.73. The molecule has 0 bridgehead atoms. The number of methoxy groups -OCH3 is 1. The van der Waals surface area contributed by atoms with Gasteiger partial charge in [0.25, 0.3) is 0 Å². The number of aliphatic hydroxyl groups excluding tert-OH is 1. The van der Waals surface area contributed by atoms with Crippen LogP contribution < -0.4 is 4.72 Å². The zero-order valence-electron chi connectivity index (χ0n) is 10.6. The fourth-order valence-electron chi connectivity index (χ4n) is 2.22. The van der Waals surface area contributed by atoms with Crippen LogP contribution in [0.5, 0.6) is 0 Å². The average molecular weight is 279 g/mol. The van der Waals surface area contributed by atoms with E-state index in [0.29, 0.717) is 0 Å². The van der Waals surface area contributed by atoms with Gasteiger partial charge in [-0.05, 0) is 12.8 Å². The Balaban J connectivity index is 2.54. The summed E-state index contributed by atoms with van der Waals surface area (Å²) in [5.41, 5.74) is -0.374. The molecule has 1 aliphatic carbocycles. The van der Waals surface area contributed by atoms with E-state index in [1.807, 2.05) is 0 Å². The molecule has 0 radical (unpaired) electrons. The van der Waals surface area contributed by atoms with E-state index in [0.717, 1.165) is 39.2 Å². The van der Waals surface area contributed by atoms with Crippen LogP contribution in [0.1, 0.15) is 32.1 Å². The van der Waals surface area contributed by atoms with Crippen LogP contribution in [-0.2, 0) is 19.6 Å². The summed E-state index contributed by atoms with van der Waals surface area (Å²) < 4.78 is 29.9. The van der Waals surface area contributed by atoms with Crippen molar-refractivity contribution in [3.05, 3.63) is 0 Å². The number of carbonyl (C=O) groups excluding carboxylic acids is 1. The zero-order valence-corrected chi connectivity index (χ0v) is 11.5. The maximum Gasteiger partial charge on any atom is 0.322 e. The topological polar surface area (TPSA) is 92.7 Å². The van der Waals surface area contributed by atoms with Gasteiger partial charge in [-0.3, -0.25) is 4.79 Å². The Morgan fingerprint density at radius 3 is 2.44 bits per heavy atom. The van der Waals surface area contributed by atoms with Gasteiger partial charge in [-0.15, -0.1) is 0 Å². The van der Waals surface area contributed by atoms with Crippen molar-refractivity contribution in [1.82, 2.24) is 4.72 Å². The van der Waals surface area contributed by atoms with Crippen LogP contribution in [0.25, 0.3) is 0 Å². The predicted molar refractivity (Wildman–Crippen MR) is 66.4 cm³/mol. The molecule has 0 spiro atoms. The van der Waals surface area contributed by atoms with E-state index in [1.54, 1.807) is 0 Å². The minimum Gasteiger partial charge on any atom is -0.468 e. The Morgan fingerprint density at radius 1 is 1.33 bits per heavy atom. The maximum absolute atomic E-state index is 11.6. The highest BCUT2D eigenvalue weighted by molar-refractivity contribution is 7.90. The summed E-state index contributed by atoms with van der Waals surface area (Å²) in [5.74, 6) is -1.46. The number of esters is 1. The second-order valence-corrected chi connectivity index (χ2v) is 6.68. The number of sulfonamides is 1. The third-order valence-electron chi connectivity index (χ3n) is 3.45. The summed E-state index contributed by atoms with van der Waals surface area (Å²) in [6.45, 7) is 0.149. The van der Waals surface area contributed by atoms with E-state index in [4.69, 9.17) is 0 Å². The van der Waals surface area contributed by atoms with Crippen LogP contribution in [0.4, 0.5) is 0 Å². The zero-order chi connectivity index (χ0) is 13.6. The Hall–Kier alpha value is -0.660. The summed E-state index contributed by atoms with van der Waals surface area (Å²) in [7, 11) is -2.53. The Morgan fingerprint density at radius 2 is 1.94 bits per heavy atom. The fourth-order valence-corrected chi connectivity index (χ4v) is 3.28. The lowest BCUT2D eigenvalue weighted by Crippen LogP contribution is -2.43. The van der Waals surface area contributed by atoms with Crippen molar-refractivity contribution in [2.45, 2.75) is 32.1 Å². The minimum atomic E-state index is -3.68. The van der Waals surface area contributed by atoms with Gasteiger partial charge in [0, 0.05) is 18.6 Å². The molecule has 106 valence electrons. The molecule has 1 rings (SSSR count). The van der Waals surface area contributed by atoms with Crippen LogP contribution in [0.15, 0.2) is 0 Å². The molecule has 0 aromatic heterocycles. The first-order chi connectivity index (χ1) is 8.43. The quantitative estimate of drug-likeness (QED) is 0.669. The normalized spacial score (nSPS) is 19.4. The highest BCUT2D eigenvalue weighted by Gasteiger charge is 2.33. The van der Waals surface area contributed by atoms with Crippen LogP contribution in [0, 0.1) is 5.41 Å². The number of carbonyl (C=O) groups is 1. The molecule has 7 heteroatoms. The van der Waals surface area contributed by atoms with E-state index >= 15 is 0 Å². The molecule has 6 nitrogen and oxygen atoms in total. The lowest BCUT2D eigenvalue weighted by molar-refractivity contribution is -0.137. The van der Waals surface area contributed by atoms with E-state index in [9.17, 15) is 18.3 Å². The lowest BCUT2D eigenvalue weighted by Gasteiger charge is -2.35. The summed E-state index contributed by atoms with van der Waals surface area (Å²) in [6.07, 6.45) is 4.74. The van der Waals surface area contributed by atoms with Crippen LogP contribution in [0.3, 0.4) is 0 Å². The summed E-state index contributed by atoms with van der Waals surface area (Å²) in [5, 5.41) is 9.44. The predicted octanol–water partition coefficient (Wildman–Crippen LogP) is 0.0216. The molecular formula is C11H21NO5S. The van der Waals surface area contributed by atoms with E-state index in [2.05, 4.69) is 9.46 Å². The van der Waals surface area contributed by atoms with E-state index < -0.39 is 21.7 Å². The molecule has 0 amide bonds. The van der Waals surface area contributed by atoms with Crippen molar-refractivity contribution in [2.24, 2.45) is 5.41 Å². The smallest absolute Gasteiger partial charge is 0.322 e. The van der Waals surface area contributed by atoms with Gasteiger partial charge in [0.1, 0.15) is 0 Å². The van der Waals surface area contributed by atoms with E-state index in [1.165, 1.54) is 0 Å². The van der Waals surface area contributed by atoms with Crippen molar-refractivity contribution in [3.8, 4) is 0 Å². The summed E-state index contributed by atoms with van der Waals surface area (Å²) in [6, 6.07) is 0. The van der Waals surface area contributed by atoms with Gasteiger partial charge in [0.15, 0.2) is 5.75 Å². The van der Waals surface area contributed by atoms with Crippen molar-refractivity contribution >= 4 is 16.0 Å². The average Bonchev–Trinajstić information content (AvgIpc) is 2.37. The Labute approximate surface area is 108 Å². The van der Waals surface area contributed by atoms with Gasteiger partial charge in [0.2, 0.25) is 10.0 Å². The monoisotopic (exact) mass is 279 g/mol. The van der Waals surface area contributed by atoms with Gasteiger partial charge in [0.05, 0.1) is 7.11 Å². The highest BCUT2D eigenvalue weighted by Crippen LogP contribution is 2.35. The van der Waals surface area contributed by atoms with Gasteiger partial charge in [-0.25, -0.2) is 13.1 Å². The number of hydrogen-bond acceptors (Lipinski definition) is 5. The minimum absolute atomic E-state index is 0.0340. The number of ether oxygens (including phenoxy) is 1. The summed E-state index contributed by atoms with van der Waals surface area (Å²) in [4.78, 5) is 10.9. The molecule has 0 aliphatic heterocycles. The molecule has 1 aliphatic rings. The fraction of sp³-hybridized carbons (Fsp3) is 0.909. The first-order valence-electron chi connectivity index (χ1n) is 6.08. The lowest BCUT2D eigenvalue weighted by atomic mass is 9.75. The second-order valence-electron chi connectivity index (χ2n) is 4.88.